The van der Waals surface area contributed by atoms with Crippen LogP contribution >= 0.6 is 11.3 Å². The minimum Gasteiger partial charge on any atom is -0.454 e. The standard InChI is InChI=1S/C20H20N4O7S2/c1-2-9-24-17(21)16(18(26)22-20(24)28)14(25)11-31-19(27)12-6-3-4-7-13(12)23-33(29,30)15-8-5-10-32-15/h3-8,10,23H,2,9,11,21H2,1H3,(H,22,26,28). The van der Waals surface area contributed by atoms with Gasteiger partial charge >= 0.3 is 11.7 Å². The normalized spacial score (nSPS) is 11.2. The molecular formula is C20H20N4O7S2. The van der Waals surface area contributed by atoms with Crippen molar-refractivity contribution in [2.45, 2.75) is 24.1 Å². The predicted molar refractivity (Wildman–Crippen MR) is 122 cm³/mol. The lowest BCUT2D eigenvalue weighted by Gasteiger charge is -2.13. The van der Waals surface area contributed by atoms with Crippen LogP contribution in [0.25, 0.3) is 0 Å². The minimum atomic E-state index is -3.93. The van der Waals surface area contributed by atoms with Gasteiger partial charge in [-0.1, -0.05) is 25.1 Å². The molecule has 11 nitrogen and oxygen atoms in total. The number of sulfonamides is 1. The molecule has 0 bridgehead atoms. The summed E-state index contributed by atoms with van der Waals surface area (Å²) >= 11 is 1.00. The van der Waals surface area contributed by atoms with Gasteiger partial charge in [0.25, 0.3) is 15.6 Å². The number of benzene rings is 1. The number of thiophene rings is 1. The van der Waals surface area contributed by atoms with Crippen molar-refractivity contribution in [3.63, 3.8) is 0 Å². The molecule has 2 aromatic heterocycles. The molecule has 13 heteroatoms. The van der Waals surface area contributed by atoms with Gasteiger partial charge in [0.15, 0.2) is 6.61 Å². The maximum absolute atomic E-state index is 12.6. The van der Waals surface area contributed by atoms with E-state index in [0.29, 0.717) is 6.42 Å². The number of carbonyl (C=O) groups is 2. The Kier molecular flexibility index (Phi) is 7.13. The predicted octanol–water partition coefficient (Wildman–Crippen LogP) is 1.43. The molecule has 0 saturated heterocycles. The summed E-state index contributed by atoms with van der Waals surface area (Å²) in [5.74, 6) is -2.23. The number of esters is 1. The SMILES string of the molecule is CCCn1c(N)c(C(=O)COC(=O)c2ccccc2NS(=O)(=O)c2cccs2)c(=O)[nH]c1=O. The number of nitrogens with zero attached hydrogens (tertiary/aromatic N) is 1. The van der Waals surface area contributed by atoms with Crippen molar-refractivity contribution in [2.24, 2.45) is 0 Å². The molecule has 174 valence electrons. The van der Waals surface area contributed by atoms with Gasteiger partial charge < -0.3 is 10.5 Å². The van der Waals surface area contributed by atoms with Gasteiger partial charge in [-0.05, 0) is 30.0 Å². The van der Waals surface area contributed by atoms with E-state index in [4.69, 9.17) is 10.5 Å². The van der Waals surface area contributed by atoms with E-state index in [2.05, 4.69) is 4.72 Å². The number of anilines is 2. The number of aromatic nitrogens is 2. The molecule has 0 saturated carbocycles. The smallest absolute Gasteiger partial charge is 0.340 e. The third-order valence-corrected chi connectivity index (χ3v) is 7.21. The van der Waals surface area contributed by atoms with Crippen LogP contribution in [0.4, 0.5) is 11.5 Å². The summed E-state index contributed by atoms with van der Waals surface area (Å²) in [6, 6.07) is 8.68. The topological polar surface area (TPSA) is 170 Å². The summed E-state index contributed by atoms with van der Waals surface area (Å²) in [4.78, 5) is 51.2. The molecule has 0 spiro atoms. The van der Waals surface area contributed by atoms with Crippen molar-refractivity contribution in [3.05, 3.63) is 73.7 Å². The molecule has 4 N–H and O–H groups in total. The summed E-state index contributed by atoms with van der Waals surface area (Å²) < 4.78 is 33.4. The van der Waals surface area contributed by atoms with Gasteiger partial charge in [0, 0.05) is 6.54 Å². The molecule has 0 atom stereocenters. The highest BCUT2D eigenvalue weighted by Gasteiger charge is 2.23. The fourth-order valence-electron chi connectivity index (χ4n) is 2.95. The Morgan fingerprint density at radius 2 is 1.91 bits per heavy atom. The summed E-state index contributed by atoms with van der Waals surface area (Å²) in [6.45, 7) is 1.12. The van der Waals surface area contributed by atoms with Crippen LogP contribution in [0.15, 0.2) is 55.6 Å². The Morgan fingerprint density at radius 1 is 1.18 bits per heavy atom. The number of hydrogen-bond acceptors (Lipinski definition) is 9. The van der Waals surface area contributed by atoms with Crippen molar-refractivity contribution in [2.75, 3.05) is 17.1 Å². The maximum Gasteiger partial charge on any atom is 0.340 e. The Morgan fingerprint density at radius 3 is 2.58 bits per heavy atom. The van der Waals surface area contributed by atoms with E-state index in [1.54, 1.807) is 18.4 Å². The van der Waals surface area contributed by atoms with Crippen molar-refractivity contribution < 1.29 is 22.7 Å². The van der Waals surface area contributed by atoms with E-state index >= 15 is 0 Å². The zero-order chi connectivity index (χ0) is 24.2. The van der Waals surface area contributed by atoms with E-state index in [9.17, 15) is 27.6 Å². The highest BCUT2D eigenvalue weighted by atomic mass is 32.2. The molecule has 0 unspecified atom stereocenters. The van der Waals surface area contributed by atoms with Crippen molar-refractivity contribution >= 4 is 44.6 Å². The van der Waals surface area contributed by atoms with Gasteiger partial charge in [-0.25, -0.2) is 18.0 Å². The quantitative estimate of drug-likeness (QED) is 0.297. The molecular weight excluding hydrogens is 472 g/mol. The van der Waals surface area contributed by atoms with Gasteiger partial charge in [0.2, 0.25) is 5.78 Å². The third-order valence-electron chi connectivity index (χ3n) is 4.45. The van der Waals surface area contributed by atoms with Crippen LogP contribution in [0.2, 0.25) is 0 Å². The molecule has 33 heavy (non-hydrogen) atoms. The molecule has 0 amide bonds. The highest BCUT2D eigenvalue weighted by molar-refractivity contribution is 7.94. The average molecular weight is 493 g/mol. The van der Waals surface area contributed by atoms with Crippen LogP contribution in [0.1, 0.15) is 34.1 Å². The second-order valence-corrected chi connectivity index (χ2v) is 9.61. The maximum atomic E-state index is 12.6. The second-order valence-electron chi connectivity index (χ2n) is 6.75. The Hall–Kier alpha value is -3.71. The van der Waals surface area contributed by atoms with Crippen molar-refractivity contribution in [1.29, 1.82) is 0 Å². The van der Waals surface area contributed by atoms with Crippen LogP contribution < -0.4 is 21.7 Å². The molecule has 0 aliphatic carbocycles. The highest BCUT2D eigenvalue weighted by Crippen LogP contribution is 2.23. The summed E-state index contributed by atoms with van der Waals surface area (Å²) in [5, 5.41) is 1.59. The zero-order valence-electron chi connectivity index (χ0n) is 17.4. The summed E-state index contributed by atoms with van der Waals surface area (Å²) in [7, 11) is -3.93. The largest absolute Gasteiger partial charge is 0.454 e. The number of H-pyrrole nitrogens is 1. The number of nitrogens with one attached hydrogen (secondary N) is 2. The Bertz CT molecular complexity index is 1410. The fourth-order valence-corrected chi connectivity index (χ4v) is 5.02. The third kappa shape index (κ3) is 5.21. The number of Topliss-reactive ketones (excluding diaryl/α,β-unsaturated/α-hetero) is 1. The van der Waals surface area contributed by atoms with Crippen molar-refractivity contribution in [3.8, 4) is 0 Å². The summed E-state index contributed by atoms with van der Waals surface area (Å²) in [5.41, 5.74) is 3.42. The Labute approximate surface area is 191 Å². The molecule has 3 aromatic rings. The van der Waals surface area contributed by atoms with E-state index in [0.717, 1.165) is 15.9 Å². The molecule has 2 heterocycles. The molecule has 0 aliphatic heterocycles. The first kappa shape index (κ1) is 23.9. The van der Waals surface area contributed by atoms with Crippen LogP contribution in [0.3, 0.4) is 0 Å². The van der Waals surface area contributed by atoms with Crippen LogP contribution in [0, 0.1) is 0 Å². The number of ketones is 1. The first-order chi connectivity index (χ1) is 15.7. The molecule has 0 aliphatic rings. The van der Waals surface area contributed by atoms with E-state index in [-0.39, 0.29) is 27.8 Å². The van der Waals surface area contributed by atoms with Crippen LogP contribution in [0.5, 0.6) is 0 Å². The zero-order valence-corrected chi connectivity index (χ0v) is 19.0. The van der Waals surface area contributed by atoms with Gasteiger partial charge in [-0.3, -0.25) is 23.9 Å². The first-order valence-corrected chi connectivity index (χ1v) is 12.0. The van der Waals surface area contributed by atoms with Gasteiger partial charge in [-0.2, -0.15) is 0 Å². The van der Waals surface area contributed by atoms with Gasteiger partial charge in [-0.15, -0.1) is 11.3 Å². The van der Waals surface area contributed by atoms with E-state index < -0.39 is 45.2 Å². The lowest BCUT2D eigenvalue weighted by molar-refractivity contribution is 0.0475. The van der Waals surface area contributed by atoms with Gasteiger partial charge in [0.05, 0.1) is 11.3 Å². The van der Waals surface area contributed by atoms with E-state index in [1.807, 2.05) is 4.98 Å². The lowest BCUT2D eigenvalue weighted by atomic mass is 10.2. The lowest BCUT2D eigenvalue weighted by Crippen LogP contribution is -2.37. The van der Waals surface area contributed by atoms with E-state index in [1.165, 1.54) is 30.3 Å². The molecule has 0 fully saturated rings. The molecule has 0 radical (unpaired) electrons. The number of rotatable bonds is 9. The second kappa shape index (κ2) is 9.83. The number of nitrogen functional groups attached to an aromatic ring is 1. The molecule has 3 rings (SSSR count). The first-order valence-electron chi connectivity index (χ1n) is 9.64. The van der Waals surface area contributed by atoms with Crippen molar-refractivity contribution in [1.82, 2.24) is 9.55 Å². The number of nitrogens with two attached hydrogens (primary N) is 1. The average Bonchev–Trinajstić information content (AvgIpc) is 3.31. The van der Waals surface area contributed by atoms with Crippen LogP contribution in [-0.4, -0.2) is 36.3 Å². The number of ether oxygens (including phenoxy) is 1. The minimum absolute atomic E-state index is 0.0443. The molecule has 1 aromatic carbocycles. The van der Waals surface area contributed by atoms with Gasteiger partial charge in [0.1, 0.15) is 15.6 Å². The number of carbonyl (C=O) groups excluding carboxylic acids is 2. The Balaban J connectivity index is 1.80. The fraction of sp³-hybridized carbons (Fsp3) is 0.200. The number of aromatic amines is 1. The summed E-state index contributed by atoms with van der Waals surface area (Å²) in [6.07, 6.45) is 0.525. The monoisotopic (exact) mass is 492 g/mol. The number of hydrogen-bond donors (Lipinski definition) is 3. The van der Waals surface area contributed by atoms with Crippen LogP contribution in [-0.2, 0) is 21.3 Å². The number of para-hydroxylation sites is 1.